The van der Waals surface area contributed by atoms with E-state index in [1.54, 1.807) is 24.5 Å². The first kappa shape index (κ1) is 18.3. The second-order valence-corrected chi connectivity index (χ2v) is 5.55. The number of urea groups is 1. The molecule has 1 heterocycles. The summed E-state index contributed by atoms with van der Waals surface area (Å²) in [4.78, 5) is 16.9. The van der Waals surface area contributed by atoms with Crippen LogP contribution in [0.25, 0.3) is 0 Å². The quantitative estimate of drug-likeness (QED) is 0.868. The maximum absolute atomic E-state index is 12.5. The molecule has 0 aliphatic heterocycles. The average Bonchev–Trinajstić information content (AvgIpc) is 2.43. The zero-order valence-electron chi connectivity index (χ0n) is 13.0. The smallest absolute Gasteiger partial charge is 0.331 e. The largest absolute Gasteiger partial charge is 0.406 e. The van der Waals surface area contributed by atoms with Crippen molar-refractivity contribution in [1.82, 2.24) is 15.2 Å². The summed E-state index contributed by atoms with van der Waals surface area (Å²) in [6.07, 6.45) is -0.552. The molecule has 0 saturated carbocycles. The molecule has 1 atom stereocenters. The van der Waals surface area contributed by atoms with Gasteiger partial charge in [0.25, 0.3) is 0 Å². The van der Waals surface area contributed by atoms with Crippen LogP contribution in [-0.2, 0) is 0 Å². The average molecular weight is 317 g/mol. The van der Waals surface area contributed by atoms with Crippen LogP contribution in [0.5, 0.6) is 0 Å². The number of rotatable bonds is 6. The third-order valence-corrected chi connectivity index (χ3v) is 3.13. The third kappa shape index (κ3) is 6.32. The van der Waals surface area contributed by atoms with Gasteiger partial charge in [0.1, 0.15) is 6.54 Å². The molecule has 0 saturated heterocycles. The van der Waals surface area contributed by atoms with Crippen molar-refractivity contribution in [1.29, 1.82) is 0 Å². The maximum atomic E-state index is 12.5. The Bertz CT molecular complexity index is 463. The predicted molar refractivity (Wildman–Crippen MR) is 78.3 cm³/mol. The van der Waals surface area contributed by atoms with Crippen molar-refractivity contribution in [3.05, 3.63) is 30.1 Å². The number of hydrogen-bond donors (Lipinski definition) is 1. The molecule has 7 heteroatoms. The van der Waals surface area contributed by atoms with Gasteiger partial charge in [-0.3, -0.25) is 4.98 Å². The lowest BCUT2D eigenvalue weighted by molar-refractivity contribution is -0.139. The zero-order valence-corrected chi connectivity index (χ0v) is 13.0. The van der Waals surface area contributed by atoms with Gasteiger partial charge in [-0.2, -0.15) is 13.2 Å². The van der Waals surface area contributed by atoms with E-state index in [0.29, 0.717) is 6.42 Å². The van der Waals surface area contributed by atoms with Gasteiger partial charge in [-0.15, -0.1) is 0 Å². The van der Waals surface area contributed by atoms with Crippen LogP contribution in [-0.4, -0.2) is 35.2 Å². The van der Waals surface area contributed by atoms with E-state index in [4.69, 9.17) is 0 Å². The van der Waals surface area contributed by atoms with Gasteiger partial charge in [-0.25, -0.2) is 4.79 Å². The Balaban J connectivity index is 2.82. The van der Waals surface area contributed by atoms with Gasteiger partial charge in [-0.05, 0) is 30.9 Å². The van der Waals surface area contributed by atoms with Gasteiger partial charge < -0.3 is 10.2 Å². The second kappa shape index (κ2) is 8.00. The molecule has 0 fully saturated rings. The molecule has 1 unspecified atom stereocenters. The first-order valence-corrected chi connectivity index (χ1v) is 7.25. The van der Waals surface area contributed by atoms with Crippen LogP contribution < -0.4 is 5.32 Å². The molecule has 0 aromatic carbocycles. The van der Waals surface area contributed by atoms with E-state index in [1.807, 2.05) is 13.8 Å². The summed E-state index contributed by atoms with van der Waals surface area (Å²) in [6.45, 7) is 4.24. The number of carbonyl (C=O) groups is 1. The lowest BCUT2D eigenvalue weighted by Crippen LogP contribution is -2.46. The Morgan fingerprint density at radius 2 is 2.09 bits per heavy atom. The summed E-state index contributed by atoms with van der Waals surface area (Å²) in [6, 6.07) is 2.47. The van der Waals surface area contributed by atoms with E-state index in [-0.39, 0.29) is 18.5 Å². The van der Waals surface area contributed by atoms with Crippen LogP contribution in [0.2, 0.25) is 0 Å². The van der Waals surface area contributed by atoms with Gasteiger partial charge in [0, 0.05) is 18.9 Å². The van der Waals surface area contributed by atoms with Crippen molar-refractivity contribution < 1.29 is 18.0 Å². The van der Waals surface area contributed by atoms with Crippen LogP contribution in [0.1, 0.15) is 38.8 Å². The number of nitrogens with zero attached hydrogens (tertiary/aromatic N) is 2. The fraction of sp³-hybridized carbons (Fsp3) is 0.600. The lowest BCUT2D eigenvalue weighted by atomic mass is 9.98. The molecule has 4 nitrogen and oxygen atoms in total. The van der Waals surface area contributed by atoms with Crippen molar-refractivity contribution in [2.24, 2.45) is 5.92 Å². The van der Waals surface area contributed by atoms with E-state index in [2.05, 4.69) is 10.3 Å². The first-order valence-electron chi connectivity index (χ1n) is 7.25. The Kier molecular flexibility index (Phi) is 6.64. The topological polar surface area (TPSA) is 45.2 Å². The van der Waals surface area contributed by atoms with Crippen LogP contribution in [0.15, 0.2) is 24.5 Å². The molecule has 0 radical (unpaired) electrons. The summed E-state index contributed by atoms with van der Waals surface area (Å²) in [5, 5.41) is 2.69. The summed E-state index contributed by atoms with van der Waals surface area (Å²) < 4.78 is 37.5. The normalized spacial score (nSPS) is 13.0. The van der Waals surface area contributed by atoms with E-state index < -0.39 is 18.8 Å². The second-order valence-electron chi connectivity index (χ2n) is 5.55. The monoisotopic (exact) mass is 317 g/mol. The van der Waals surface area contributed by atoms with Gasteiger partial charge in [0.05, 0.1) is 6.04 Å². The van der Waals surface area contributed by atoms with Crippen molar-refractivity contribution >= 4 is 6.03 Å². The van der Waals surface area contributed by atoms with Crippen LogP contribution in [0.4, 0.5) is 18.0 Å². The highest BCUT2D eigenvalue weighted by Gasteiger charge is 2.33. The number of nitrogens with one attached hydrogen (secondary N) is 1. The van der Waals surface area contributed by atoms with Crippen molar-refractivity contribution in [3.8, 4) is 0 Å². The molecule has 0 bridgehead atoms. The standard InChI is InChI=1S/C15H22F3N3O/c1-4-21(10-15(16,17)18)14(22)20-13(8-11(2)3)12-6-5-7-19-9-12/h5-7,9,11,13H,4,8,10H2,1-3H3,(H,20,22). The molecule has 22 heavy (non-hydrogen) atoms. The van der Waals surface area contributed by atoms with Crippen LogP contribution in [0.3, 0.4) is 0 Å². The Morgan fingerprint density at radius 1 is 1.41 bits per heavy atom. The fourth-order valence-electron chi connectivity index (χ4n) is 2.12. The zero-order chi connectivity index (χ0) is 16.8. The maximum Gasteiger partial charge on any atom is 0.406 e. The minimum Gasteiger partial charge on any atom is -0.331 e. The Labute approximate surface area is 128 Å². The molecule has 124 valence electrons. The Morgan fingerprint density at radius 3 is 2.55 bits per heavy atom. The predicted octanol–water partition coefficient (Wildman–Crippen LogP) is 3.76. The SMILES string of the molecule is CCN(CC(F)(F)F)C(=O)NC(CC(C)C)c1cccnc1. The molecule has 1 N–H and O–H groups in total. The number of pyridine rings is 1. The lowest BCUT2D eigenvalue weighted by Gasteiger charge is -2.27. The molecule has 1 aromatic rings. The minimum atomic E-state index is -4.41. The highest BCUT2D eigenvalue weighted by atomic mass is 19.4. The molecule has 2 amide bonds. The summed E-state index contributed by atoms with van der Waals surface area (Å²) in [7, 11) is 0. The number of amides is 2. The molecule has 1 rings (SSSR count). The summed E-state index contributed by atoms with van der Waals surface area (Å²) in [5.41, 5.74) is 0.785. The number of aromatic nitrogens is 1. The number of alkyl halides is 3. The highest BCUT2D eigenvalue weighted by Crippen LogP contribution is 2.22. The molecular formula is C15H22F3N3O. The van der Waals surface area contributed by atoms with Gasteiger partial charge in [0.15, 0.2) is 0 Å². The van der Waals surface area contributed by atoms with Gasteiger partial charge in [0.2, 0.25) is 0 Å². The molecule has 0 spiro atoms. The molecule has 0 aliphatic rings. The molecule has 1 aromatic heterocycles. The van der Waals surface area contributed by atoms with E-state index in [9.17, 15) is 18.0 Å². The number of carbonyl (C=O) groups excluding carboxylic acids is 1. The van der Waals surface area contributed by atoms with Gasteiger partial charge >= 0.3 is 12.2 Å². The summed E-state index contributed by atoms with van der Waals surface area (Å²) in [5.74, 6) is 0.281. The van der Waals surface area contributed by atoms with E-state index in [0.717, 1.165) is 10.5 Å². The number of halogens is 3. The van der Waals surface area contributed by atoms with E-state index in [1.165, 1.54) is 6.92 Å². The first-order chi connectivity index (χ1) is 10.2. The molecular weight excluding hydrogens is 295 g/mol. The minimum absolute atomic E-state index is 0.00716. The summed E-state index contributed by atoms with van der Waals surface area (Å²) >= 11 is 0. The number of hydrogen-bond acceptors (Lipinski definition) is 2. The Hall–Kier alpha value is -1.79. The third-order valence-electron chi connectivity index (χ3n) is 3.13. The van der Waals surface area contributed by atoms with Gasteiger partial charge in [-0.1, -0.05) is 19.9 Å². The van der Waals surface area contributed by atoms with Crippen molar-refractivity contribution in [2.45, 2.75) is 39.4 Å². The highest BCUT2D eigenvalue weighted by molar-refractivity contribution is 5.74. The van der Waals surface area contributed by atoms with Crippen LogP contribution in [0, 0.1) is 5.92 Å². The van der Waals surface area contributed by atoms with E-state index >= 15 is 0 Å². The van der Waals surface area contributed by atoms with Crippen molar-refractivity contribution in [2.75, 3.05) is 13.1 Å². The molecule has 0 aliphatic carbocycles. The van der Waals surface area contributed by atoms with Crippen molar-refractivity contribution in [3.63, 3.8) is 0 Å². The van der Waals surface area contributed by atoms with Crippen LogP contribution >= 0.6 is 0 Å². The fourth-order valence-corrected chi connectivity index (χ4v) is 2.12.